The van der Waals surface area contributed by atoms with Crippen molar-refractivity contribution in [3.63, 3.8) is 0 Å². The number of hydrogen-bond acceptors (Lipinski definition) is 3. The van der Waals surface area contributed by atoms with Gasteiger partial charge in [0.15, 0.2) is 0 Å². The summed E-state index contributed by atoms with van der Waals surface area (Å²) < 4.78 is 0. The van der Waals surface area contributed by atoms with Gasteiger partial charge in [-0.1, -0.05) is 57.9 Å². The lowest BCUT2D eigenvalue weighted by Crippen LogP contribution is -2.40. The highest BCUT2D eigenvalue weighted by Crippen LogP contribution is 2.37. The molecule has 0 aromatic heterocycles. The summed E-state index contributed by atoms with van der Waals surface area (Å²) in [5.41, 5.74) is 1.15. The highest BCUT2D eigenvalue weighted by atomic mass is 16.3. The van der Waals surface area contributed by atoms with E-state index in [4.69, 9.17) is 0 Å². The van der Waals surface area contributed by atoms with Crippen LogP contribution in [0.3, 0.4) is 0 Å². The molecule has 23 heavy (non-hydrogen) atoms. The fraction of sp³-hybridized carbons (Fsp3) is 0.579. The van der Waals surface area contributed by atoms with Crippen LogP contribution in [0.2, 0.25) is 0 Å². The van der Waals surface area contributed by atoms with E-state index in [1.807, 2.05) is 24.3 Å². The van der Waals surface area contributed by atoms with Gasteiger partial charge in [-0.25, -0.2) is 0 Å². The zero-order valence-electron chi connectivity index (χ0n) is 14.2. The fourth-order valence-electron chi connectivity index (χ4n) is 3.05. The first-order valence-corrected chi connectivity index (χ1v) is 8.26. The van der Waals surface area contributed by atoms with Crippen LogP contribution in [0.15, 0.2) is 24.3 Å². The topological polar surface area (TPSA) is 73.1 Å². The quantitative estimate of drug-likeness (QED) is 0.896. The Labute approximate surface area is 138 Å². The van der Waals surface area contributed by atoms with Crippen LogP contribution in [0.25, 0.3) is 0 Å². The van der Waals surface area contributed by atoms with E-state index < -0.39 is 11.5 Å². The van der Waals surface area contributed by atoms with Gasteiger partial charge in [0.2, 0.25) is 5.91 Å². The Balaban J connectivity index is 1.96. The van der Waals surface area contributed by atoms with Crippen LogP contribution in [-0.4, -0.2) is 17.6 Å². The van der Waals surface area contributed by atoms with E-state index in [9.17, 15) is 15.2 Å². The summed E-state index contributed by atoms with van der Waals surface area (Å²) in [5.74, 6) is -0.247. The number of carbonyl (C=O) groups is 1. The normalized spacial score (nSPS) is 18.2. The molecular formula is C19H26N2O2. The van der Waals surface area contributed by atoms with Gasteiger partial charge in [-0.15, -0.1) is 0 Å². The van der Waals surface area contributed by atoms with Crippen molar-refractivity contribution in [3.05, 3.63) is 35.4 Å². The van der Waals surface area contributed by atoms with Crippen LogP contribution < -0.4 is 5.32 Å². The molecule has 1 amide bonds. The molecule has 4 nitrogen and oxygen atoms in total. The number of amides is 1. The van der Waals surface area contributed by atoms with Gasteiger partial charge in [-0.05, 0) is 29.4 Å². The monoisotopic (exact) mass is 314 g/mol. The third-order valence-corrected chi connectivity index (χ3v) is 4.72. The maximum atomic E-state index is 12.3. The molecule has 0 aliphatic heterocycles. The molecule has 2 N–H and O–H groups in total. The van der Waals surface area contributed by atoms with Crippen molar-refractivity contribution in [1.29, 1.82) is 5.26 Å². The molecule has 1 unspecified atom stereocenters. The standard InChI is InChI=1S/C19H26N2O2/c1-18(2,3)15-8-6-14(7-9-15)16(22)12-21-17(23)19(13-20)10-4-5-11-19/h6-9,16,22H,4-5,10-12H2,1-3H3,(H,21,23). The lowest BCUT2D eigenvalue weighted by atomic mass is 9.86. The number of nitrogens with one attached hydrogen (secondary N) is 1. The minimum atomic E-state index is -0.893. The second-order valence-corrected chi connectivity index (χ2v) is 7.50. The SMILES string of the molecule is CC(C)(C)c1ccc(C(O)CNC(=O)C2(C#N)CCCC2)cc1. The second kappa shape index (κ2) is 6.72. The Bertz CT molecular complexity index is 587. The maximum absolute atomic E-state index is 12.3. The van der Waals surface area contributed by atoms with Crippen LogP contribution in [0.4, 0.5) is 0 Å². The molecule has 0 bridgehead atoms. The van der Waals surface area contributed by atoms with Gasteiger partial charge >= 0.3 is 0 Å². The van der Waals surface area contributed by atoms with Gasteiger partial charge in [0.1, 0.15) is 5.41 Å². The summed E-state index contributed by atoms with van der Waals surface area (Å²) in [6.45, 7) is 6.56. The van der Waals surface area contributed by atoms with E-state index in [2.05, 4.69) is 32.2 Å². The highest BCUT2D eigenvalue weighted by molar-refractivity contribution is 5.85. The van der Waals surface area contributed by atoms with E-state index >= 15 is 0 Å². The first-order chi connectivity index (χ1) is 10.8. The molecule has 2 rings (SSSR count). The van der Waals surface area contributed by atoms with E-state index in [-0.39, 0.29) is 17.9 Å². The second-order valence-electron chi connectivity index (χ2n) is 7.50. The van der Waals surface area contributed by atoms with Crippen molar-refractivity contribution in [3.8, 4) is 6.07 Å². The van der Waals surface area contributed by atoms with Crippen molar-refractivity contribution in [2.24, 2.45) is 5.41 Å². The lowest BCUT2D eigenvalue weighted by Gasteiger charge is -2.22. The predicted octanol–water partition coefficient (Wildman–Crippen LogP) is 3.22. The third-order valence-electron chi connectivity index (χ3n) is 4.72. The Morgan fingerprint density at radius 2 is 1.87 bits per heavy atom. The molecule has 0 radical (unpaired) electrons. The number of rotatable bonds is 4. The number of aliphatic hydroxyl groups is 1. The van der Waals surface area contributed by atoms with Crippen molar-refractivity contribution in [2.45, 2.75) is 58.0 Å². The minimum absolute atomic E-state index is 0.0688. The summed E-state index contributed by atoms with van der Waals surface area (Å²) in [6.07, 6.45) is 2.30. The van der Waals surface area contributed by atoms with Gasteiger partial charge in [0, 0.05) is 6.54 Å². The molecular weight excluding hydrogens is 288 g/mol. The van der Waals surface area contributed by atoms with E-state index in [1.165, 1.54) is 5.56 Å². The van der Waals surface area contributed by atoms with E-state index in [0.717, 1.165) is 18.4 Å². The molecule has 1 atom stereocenters. The zero-order chi connectivity index (χ0) is 17.1. The molecule has 1 aromatic rings. The fourth-order valence-corrected chi connectivity index (χ4v) is 3.05. The number of carbonyl (C=O) groups excluding carboxylic acids is 1. The van der Waals surface area contributed by atoms with Crippen molar-refractivity contribution in [1.82, 2.24) is 5.32 Å². The molecule has 4 heteroatoms. The largest absolute Gasteiger partial charge is 0.387 e. The molecule has 1 aliphatic carbocycles. The maximum Gasteiger partial charge on any atom is 0.240 e. The number of hydrogen-bond donors (Lipinski definition) is 2. The summed E-state index contributed by atoms with van der Waals surface area (Å²) in [4.78, 5) is 12.3. The van der Waals surface area contributed by atoms with Gasteiger partial charge in [0.25, 0.3) is 0 Å². The number of nitriles is 1. The number of nitrogens with zero attached hydrogens (tertiary/aromatic N) is 1. The smallest absolute Gasteiger partial charge is 0.240 e. The van der Waals surface area contributed by atoms with Crippen LogP contribution >= 0.6 is 0 Å². The van der Waals surface area contributed by atoms with Gasteiger partial charge < -0.3 is 10.4 Å². The third kappa shape index (κ3) is 3.92. The van der Waals surface area contributed by atoms with Gasteiger partial charge in [-0.3, -0.25) is 4.79 Å². The number of benzene rings is 1. The summed E-state index contributed by atoms with van der Waals surface area (Å²) in [5, 5.41) is 22.3. The molecule has 0 saturated heterocycles. The Kier molecular flexibility index (Phi) is 5.11. The van der Waals surface area contributed by atoms with Crippen LogP contribution in [-0.2, 0) is 10.2 Å². The van der Waals surface area contributed by atoms with Gasteiger partial charge in [0.05, 0.1) is 12.2 Å². The first kappa shape index (κ1) is 17.5. The Morgan fingerprint density at radius 3 is 2.35 bits per heavy atom. The van der Waals surface area contributed by atoms with Crippen LogP contribution in [0.5, 0.6) is 0 Å². The summed E-state index contributed by atoms with van der Waals surface area (Å²) in [6, 6.07) is 9.98. The van der Waals surface area contributed by atoms with Crippen molar-refractivity contribution in [2.75, 3.05) is 6.54 Å². The molecule has 0 heterocycles. The first-order valence-electron chi connectivity index (χ1n) is 8.26. The zero-order valence-corrected chi connectivity index (χ0v) is 14.2. The predicted molar refractivity (Wildman–Crippen MR) is 89.6 cm³/mol. The van der Waals surface area contributed by atoms with Crippen LogP contribution in [0.1, 0.15) is 63.7 Å². The molecule has 124 valence electrons. The van der Waals surface area contributed by atoms with Crippen molar-refractivity contribution >= 4 is 5.91 Å². The summed E-state index contributed by atoms with van der Waals surface area (Å²) >= 11 is 0. The average Bonchev–Trinajstić information content (AvgIpc) is 3.02. The van der Waals surface area contributed by atoms with E-state index in [1.54, 1.807) is 0 Å². The summed E-state index contributed by atoms with van der Waals surface area (Å²) in [7, 11) is 0. The van der Waals surface area contributed by atoms with Gasteiger partial charge in [-0.2, -0.15) is 5.26 Å². The Hall–Kier alpha value is -1.86. The average molecular weight is 314 g/mol. The Morgan fingerprint density at radius 1 is 1.30 bits per heavy atom. The van der Waals surface area contributed by atoms with Crippen molar-refractivity contribution < 1.29 is 9.90 Å². The molecule has 1 fully saturated rings. The lowest BCUT2D eigenvalue weighted by molar-refractivity contribution is -0.128. The van der Waals surface area contributed by atoms with E-state index in [0.29, 0.717) is 12.8 Å². The molecule has 1 saturated carbocycles. The minimum Gasteiger partial charge on any atom is -0.387 e. The highest BCUT2D eigenvalue weighted by Gasteiger charge is 2.41. The molecule has 0 spiro atoms. The molecule has 1 aromatic carbocycles. The molecule has 1 aliphatic rings. The number of aliphatic hydroxyl groups excluding tert-OH is 1. The van der Waals surface area contributed by atoms with Crippen LogP contribution in [0, 0.1) is 16.7 Å².